The van der Waals surface area contributed by atoms with Crippen molar-refractivity contribution in [2.75, 3.05) is 47.1 Å². The summed E-state index contributed by atoms with van der Waals surface area (Å²) in [6.07, 6.45) is -2.02. The third-order valence-electron chi connectivity index (χ3n) is 6.79. The molecule has 0 bridgehead atoms. The van der Waals surface area contributed by atoms with E-state index >= 15 is 0 Å². The summed E-state index contributed by atoms with van der Waals surface area (Å²) in [6.45, 7) is 3.61. The first kappa shape index (κ1) is 26.6. The van der Waals surface area contributed by atoms with Gasteiger partial charge in [-0.25, -0.2) is 4.79 Å². The van der Waals surface area contributed by atoms with Gasteiger partial charge in [0.05, 0.1) is 49.6 Å². The van der Waals surface area contributed by atoms with E-state index in [1.807, 2.05) is 0 Å². The van der Waals surface area contributed by atoms with Crippen LogP contribution in [0.1, 0.15) is 22.3 Å². The highest BCUT2D eigenvalue weighted by Crippen LogP contribution is 2.49. The molecule has 1 aliphatic carbocycles. The van der Waals surface area contributed by atoms with Crippen LogP contribution in [0, 0.1) is 0 Å². The predicted molar refractivity (Wildman–Crippen MR) is 132 cm³/mol. The maximum Gasteiger partial charge on any atom is 0.491 e. The zero-order chi connectivity index (χ0) is 27.9. The SMILES string of the molecule is COc1cc2c(=O)n(CCCN3CCOCC3)c3c(c2c(OC(=O)C(F)(F)F)c1OC)C(=O)c1cnccc1-3. The highest BCUT2D eigenvalue weighted by molar-refractivity contribution is 6.27. The summed E-state index contributed by atoms with van der Waals surface area (Å²) < 4.78 is 61.9. The number of aromatic nitrogens is 2. The maximum atomic E-state index is 13.9. The smallest absolute Gasteiger partial charge is 0.491 e. The highest BCUT2D eigenvalue weighted by atomic mass is 19.4. The van der Waals surface area contributed by atoms with E-state index in [9.17, 15) is 27.6 Å². The van der Waals surface area contributed by atoms with Crippen LogP contribution in [0.15, 0.2) is 29.3 Å². The van der Waals surface area contributed by atoms with Crippen LogP contribution in [0.25, 0.3) is 22.0 Å². The molecule has 0 atom stereocenters. The number of ether oxygens (including phenoxy) is 4. The lowest BCUT2D eigenvalue weighted by molar-refractivity contribution is -0.189. The number of esters is 1. The molecule has 1 aliphatic heterocycles. The van der Waals surface area contributed by atoms with Crippen LogP contribution >= 0.6 is 0 Å². The minimum atomic E-state index is -5.35. The van der Waals surface area contributed by atoms with Crippen molar-refractivity contribution in [3.63, 3.8) is 0 Å². The van der Waals surface area contributed by atoms with Crippen LogP contribution in [0.2, 0.25) is 0 Å². The number of benzene rings is 1. The Morgan fingerprint density at radius 2 is 1.82 bits per heavy atom. The third kappa shape index (κ3) is 4.61. The first-order chi connectivity index (χ1) is 18.7. The molecule has 3 heterocycles. The number of hydrogen-bond donors (Lipinski definition) is 0. The fraction of sp³-hybridized carbons (Fsp3) is 0.385. The van der Waals surface area contributed by atoms with Gasteiger partial charge in [0.1, 0.15) is 0 Å². The van der Waals surface area contributed by atoms with Gasteiger partial charge in [-0.2, -0.15) is 13.2 Å². The Kier molecular flexibility index (Phi) is 7.03. The summed E-state index contributed by atoms with van der Waals surface area (Å²) in [6, 6.07) is 2.83. The Labute approximate surface area is 219 Å². The lowest BCUT2D eigenvalue weighted by atomic mass is 10.0. The minimum absolute atomic E-state index is 0.0788. The van der Waals surface area contributed by atoms with Gasteiger partial charge in [-0.3, -0.25) is 19.5 Å². The van der Waals surface area contributed by atoms with Gasteiger partial charge in [0, 0.05) is 49.5 Å². The Hall–Kier alpha value is -3.97. The van der Waals surface area contributed by atoms with E-state index in [1.54, 1.807) is 6.07 Å². The van der Waals surface area contributed by atoms with Gasteiger partial charge in [-0.15, -0.1) is 0 Å². The molecule has 0 unspecified atom stereocenters. The topological polar surface area (TPSA) is 109 Å². The second-order valence-corrected chi connectivity index (χ2v) is 8.99. The van der Waals surface area contributed by atoms with Gasteiger partial charge in [0.15, 0.2) is 17.3 Å². The number of methoxy groups -OCH3 is 2. The van der Waals surface area contributed by atoms with E-state index in [0.29, 0.717) is 31.7 Å². The van der Waals surface area contributed by atoms with Gasteiger partial charge in [-0.05, 0) is 18.6 Å². The second kappa shape index (κ2) is 10.3. The molecule has 2 aliphatic rings. The first-order valence-corrected chi connectivity index (χ1v) is 12.1. The molecule has 13 heteroatoms. The predicted octanol–water partition coefficient (Wildman–Crippen LogP) is 2.82. The number of fused-ring (bicyclic) bond motifs is 5. The zero-order valence-corrected chi connectivity index (χ0v) is 21.1. The molecule has 0 N–H and O–H groups in total. The van der Waals surface area contributed by atoms with Gasteiger partial charge >= 0.3 is 12.1 Å². The summed E-state index contributed by atoms with van der Waals surface area (Å²) in [5.74, 6) is -4.34. The molecular formula is C26H24F3N3O7. The number of alkyl halides is 3. The Morgan fingerprint density at radius 3 is 2.49 bits per heavy atom. The van der Waals surface area contributed by atoms with Crippen molar-refractivity contribution in [3.8, 4) is 28.5 Å². The Morgan fingerprint density at radius 1 is 1.08 bits per heavy atom. The molecule has 1 fully saturated rings. The van der Waals surface area contributed by atoms with Gasteiger partial charge < -0.3 is 23.5 Å². The van der Waals surface area contributed by atoms with Gasteiger partial charge in [0.25, 0.3) is 5.56 Å². The van der Waals surface area contributed by atoms with Crippen molar-refractivity contribution >= 4 is 22.5 Å². The van der Waals surface area contributed by atoms with E-state index in [4.69, 9.17) is 18.9 Å². The third-order valence-corrected chi connectivity index (χ3v) is 6.79. The lowest BCUT2D eigenvalue weighted by Gasteiger charge is -2.26. The Balaban J connectivity index is 1.76. The number of halogens is 3. The van der Waals surface area contributed by atoms with Crippen molar-refractivity contribution < 1.29 is 41.7 Å². The standard InChI is InChI=1S/C26H24F3N3O7/c1-36-17-12-15-18(23(22(17)37-2)39-25(35)26(27,28)29)19-20(14-4-5-30-13-16(14)21(19)33)32(24(15)34)7-3-6-31-8-10-38-11-9-31/h4-5,12-13H,3,6-11H2,1-2H3. The molecular weight excluding hydrogens is 523 g/mol. The molecule has 0 amide bonds. The van der Waals surface area contributed by atoms with Crippen LogP contribution in [-0.2, 0) is 16.1 Å². The van der Waals surface area contributed by atoms with Gasteiger partial charge in [0.2, 0.25) is 5.75 Å². The van der Waals surface area contributed by atoms with Gasteiger partial charge in [-0.1, -0.05) is 0 Å². The normalized spacial score (nSPS) is 15.3. The maximum absolute atomic E-state index is 13.9. The van der Waals surface area contributed by atoms with Crippen molar-refractivity contribution in [2.24, 2.45) is 0 Å². The number of pyridine rings is 2. The fourth-order valence-corrected chi connectivity index (χ4v) is 5.03. The molecule has 0 radical (unpaired) electrons. The molecule has 3 aromatic rings. The van der Waals surface area contributed by atoms with E-state index in [1.165, 1.54) is 30.1 Å². The summed E-state index contributed by atoms with van der Waals surface area (Å²) in [7, 11) is 2.36. The van der Waals surface area contributed by atoms with E-state index < -0.39 is 29.2 Å². The van der Waals surface area contributed by atoms with Crippen LogP contribution in [0.4, 0.5) is 13.2 Å². The molecule has 206 valence electrons. The zero-order valence-electron chi connectivity index (χ0n) is 21.1. The molecule has 5 rings (SSSR count). The largest absolute Gasteiger partial charge is 0.493 e. The molecule has 1 aromatic carbocycles. The number of nitrogens with zero attached hydrogens (tertiary/aromatic N) is 3. The molecule has 2 aromatic heterocycles. The number of carbonyl (C=O) groups excluding carboxylic acids is 2. The van der Waals surface area contributed by atoms with E-state index in [0.717, 1.165) is 20.2 Å². The number of rotatable bonds is 7. The number of carbonyl (C=O) groups is 2. The van der Waals surface area contributed by atoms with Crippen LogP contribution in [0.5, 0.6) is 17.2 Å². The summed E-state index contributed by atoms with van der Waals surface area (Å²) in [4.78, 5) is 45.7. The van der Waals surface area contributed by atoms with E-state index in [2.05, 4.69) is 9.88 Å². The van der Waals surface area contributed by atoms with Crippen LogP contribution in [-0.4, -0.2) is 79.4 Å². The fourth-order valence-electron chi connectivity index (χ4n) is 5.03. The quantitative estimate of drug-likeness (QED) is 0.255. The second-order valence-electron chi connectivity index (χ2n) is 8.99. The molecule has 0 saturated carbocycles. The average Bonchev–Trinajstić information content (AvgIpc) is 3.22. The molecule has 39 heavy (non-hydrogen) atoms. The van der Waals surface area contributed by atoms with Crippen molar-refractivity contribution in [1.29, 1.82) is 0 Å². The molecule has 10 nitrogen and oxygen atoms in total. The van der Waals surface area contributed by atoms with Crippen molar-refractivity contribution in [3.05, 3.63) is 46.0 Å². The number of ketones is 1. The van der Waals surface area contributed by atoms with Crippen LogP contribution < -0.4 is 19.8 Å². The summed E-state index contributed by atoms with van der Waals surface area (Å²) >= 11 is 0. The lowest BCUT2D eigenvalue weighted by Crippen LogP contribution is -2.37. The molecule has 0 spiro atoms. The monoisotopic (exact) mass is 547 g/mol. The highest BCUT2D eigenvalue weighted by Gasteiger charge is 2.43. The average molecular weight is 547 g/mol. The van der Waals surface area contributed by atoms with Crippen molar-refractivity contribution in [1.82, 2.24) is 14.5 Å². The number of morpholine rings is 1. The first-order valence-electron chi connectivity index (χ1n) is 12.1. The minimum Gasteiger partial charge on any atom is -0.493 e. The van der Waals surface area contributed by atoms with E-state index in [-0.39, 0.29) is 45.6 Å². The summed E-state index contributed by atoms with van der Waals surface area (Å²) in [5, 5.41) is -0.423. The Bertz CT molecular complexity index is 1530. The van der Waals surface area contributed by atoms with Crippen LogP contribution in [0.3, 0.4) is 0 Å². The number of hydrogen-bond acceptors (Lipinski definition) is 9. The molecule has 1 saturated heterocycles. The summed E-state index contributed by atoms with van der Waals surface area (Å²) in [5.41, 5.74) is 0.120. The van der Waals surface area contributed by atoms with Crippen molar-refractivity contribution in [2.45, 2.75) is 19.1 Å².